The van der Waals surface area contributed by atoms with E-state index in [1.54, 1.807) is 61.9 Å². The molecule has 2 aromatic heterocycles. The number of benzene rings is 2. The van der Waals surface area contributed by atoms with Crippen molar-refractivity contribution in [3.05, 3.63) is 83.6 Å². The molecule has 0 radical (unpaired) electrons. The molecule has 8 nitrogen and oxygen atoms in total. The number of halogens is 1. The number of carbonyl (C=O) groups excluding carboxylic acids is 1. The maximum atomic E-state index is 12.3. The van der Waals surface area contributed by atoms with Gasteiger partial charge in [-0.2, -0.15) is 0 Å². The van der Waals surface area contributed by atoms with Crippen LogP contribution in [0.4, 0.5) is 22.1 Å². The van der Waals surface area contributed by atoms with E-state index in [9.17, 15) is 4.79 Å². The number of ether oxygens (including phenoxy) is 1. The van der Waals surface area contributed by atoms with Gasteiger partial charge in [0.15, 0.2) is 0 Å². The van der Waals surface area contributed by atoms with Gasteiger partial charge < -0.3 is 20.7 Å². The molecule has 2 amide bonds. The molecule has 0 saturated heterocycles. The van der Waals surface area contributed by atoms with Crippen LogP contribution in [0.15, 0.2) is 73.1 Å². The number of hydrogen-bond donors (Lipinski definition) is 3. The minimum absolute atomic E-state index is 0.356. The van der Waals surface area contributed by atoms with E-state index >= 15 is 0 Å². The first kappa shape index (κ1) is 22.0. The smallest absolute Gasteiger partial charge is 0.323 e. The van der Waals surface area contributed by atoms with Gasteiger partial charge in [0.2, 0.25) is 11.8 Å². The van der Waals surface area contributed by atoms with E-state index < -0.39 is 0 Å². The van der Waals surface area contributed by atoms with Crippen molar-refractivity contribution in [3.63, 3.8) is 0 Å². The van der Waals surface area contributed by atoms with Crippen LogP contribution in [-0.2, 0) is 0 Å². The summed E-state index contributed by atoms with van der Waals surface area (Å²) < 4.78 is 6.05. The highest BCUT2D eigenvalue weighted by atomic mass is 35.5. The van der Waals surface area contributed by atoms with Crippen LogP contribution in [-0.4, -0.2) is 28.0 Å². The molecule has 166 valence electrons. The largest absolute Gasteiger partial charge is 0.438 e. The monoisotopic (exact) mass is 460 g/mol. The fourth-order valence-electron chi connectivity index (χ4n) is 3.07. The number of urea groups is 1. The van der Waals surface area contributed by atoms with Crippen LogP contribution in [0.5, 0.6) is 11.6 Å². The maximum absolute atomic E-state index is 12.3. The third kappa shape index (κ3) is 5.55. The number of aryl methyl sites for hydroxylation is 1. The van der Waals surface area contributed by atoms with Crippen LogP contribution in [0, 0.1) is 6.92 Å². The fourth-order valence-corrected chi connectivity index (χ4v) is 3.19. The average molecular weight is 461 g/mol. The number of carbonyl (C=O) groups is 1. The summed E-state index contributed by atoms with van der Waals surface area (Å²) in [6.45, 7) is 1.88. The third-order valence-electron chi connectivity index (χ3n) is 4.69. The molecule has 0 bridgehead atoms. The molecule has 33 heavy (non-hydrogen) atoms. The van der Waals surface area contributed by atoms with E-state index in [-0.39, 0.29) is 6.03 Å². The predicted molar refractivity (Wildman–Crippen MR) is 130 cm³/mol. The molecule has 3 N–H and O–H groups in total. The van der Waals surface area contributed by atoms with Gasteiger partial charge in [-0.05, 0) is 73.2 Å². The molecule has 9 heteroatoms. The van der Waals surface area contributed by atoms with E-state index in [0.717, 1.165) is 11.1 Å². The lowest BCUT2D eigenvalue weighted by atomic mass is 10.2. The first-order chi connectivity index (χ1) is 16.0. The Labute approximate surface area is 196 Å². The highest BCUT2D eigenvalue weighted by Crippen LogP contribution is 2.32. The molecule has 2 heterocycles. The lowest BCUT2D eigenvalue weighted by molar-refractivity contribution is 0.262. The molecule has 2 aromatic carbocycles. The van der Waals surface area contributed by atoms with Crippen molar-refractivity contribution in [1.82, 2.24) is 15.0 Å². The number of pyridine rings is 1. The van der Waals surface area contributed by atoms with Crippen LogP contribution in [0.1, 0.15) is 5.56 Å². The zero-order chi connectivity index (χ0) is 23.2. The Kier molecular flexibility index (Phi) is 6.66. The van der Waals surface area contributed by atoms with Gasteiger partial charge in [-0.3, -0.25) is 0 Å². The quantitative estimate of drug-likeness (QED) is 0.327. The number of hydrogen-bond acceptors (Lipinski definition) is 6. The third-order valence-corrected chi connectivity index (χ3v) is 4.94. The number of anilines is 3. The molecule has 4 rings (SSSR count). The maximum Gasteiger partial charge on any atom is 0.323 e. The summed E-state index contributed by atoms with van der Waals surface area (Å²) in [5, 5.41) is 9.13. The Bertz CT molecular complexity index is 1280. The molecule has 0 unspecified atom stereocenters. The van der Waals surface area contributed by atoms with Crippen molar-refractivity contribution < 1.29 is 9.53 Å². The normalized spacial score (nSPS) is 10.4. The lowest BCUT2D eigenvalue weighted by Crippen LogP contribution is -2.19. The van der Waals surface area contributed by atoms with Crippen molar-refractivity contribution in [2.24, 2.45) is 0 Å². The predicted octanol–water partition coefficient (Wildman–Crippen LogP) is 5.98. The highest BCUT2D eigenvalue weighted by Gasteiger charge is 2.12. The summed E-state index contributed by atoms with van der Waals surface area (Å²) in [4.78, 5) is 25.3. The van der Waals surface area contributed by atoms with Crippen LogP contribution in [0.25, 0.3) is 11.3 Å². The Morgan fingerprint density at radius 1 is 0.970 bits per heavy atom. The minimum atomic E-state index is -0.356. The first-order valence-electron chi connectivity index (χ1n) is 10.1. The van der Waals surface area contributed by atoms with Crippen molar-refractivity contribution in [2.45, 2.75) is 6.92 Å². The van der Waals surface area contributed by atoms with Crippen LogP contribution in [0.2, 0.25) is 5.02 Å². The molecular formula is C24H21ClN6O2. The minimum Gasteiger partial charge on any atom is -0.438 e. The summed E-state index contributed by atoms with van der Waals surface area (Å²) in [6, 6.07) is 17.4. The Morgan fingerprint density at radius 3 is 2.55 bits per heavy atom. The van der Waals surface area contributed by atoms with Gasteiger partial charge in [-0.15, -0.1) is 0 Å². The van der Waals surface area contributed by atoms with Crippen molar-refractivity contribution >= 4 is 35.0 Å². The van der Waals surface area contributed by atoms with Gasteiger partial charge in [0.25, 0.3) is 0 Å². The van der Waals surface area contributed by atoms with Gasteiger partial charge in [0, 0.05) is 35.8 Å². The molecule has 0 saturated carbocycles. The average Bonchev–Trinajstić information content (AvgIpc) is 2.83. The molecule has 0 spiro atoms. The molecule has 0 aliphatic carbocycles. The first-order valence-corrected chi connectivity index (χ1v) is 10.5. The van der Waals surface area contributed by atoms with Crippen LogP contribution < -0.4 is 20.7 Å². The zero-order valence-electron chi connectivity index (χ0n) is 18.0. The number of nitrogens with zero attached hydrogens (tertiary/aromatic N) is 3. The van der Waals surface area contributed by atoms with E-state index in [2.05, 4.69) is 30.9 Å². The molecular weight excluding hydrogens is 440 g/mol. The summed E-state index contributed by atoms with van der Waals surface area (Å²) >= 11 is 5.88. The fraction of sp³-hybridized carbons (Fsp3) is 0.0833. The van der Waals surface area contributed by atoms with Crippen LogP contribution >= 0.6 is 11.6 Å². The van der Waals surface area contributed by atoms with E-state index in [0.29, 0.717) is 39.7 Å². The van der Waals surface area contributed by atoms with Crippen molar-refractivity contribution in [3.8, 4) is 22.9 Å². The van der Waals surface area contributed by atoms with Crippen molar-refractivity contribution in [2.75, 3.05) is 23.0 Å². The van der Waals surface area contributed by atoms with Gasteiger partial charge in [-0.25, -0.2) is 19.7 Å². The molecule has 0 aliphatic rings. The van der Waals surface area contributed by atoms with Gasteiger partial charge in [0.05, 0.1) is 11.3 Å². The summed E-state index contributed by atoms with van der Waals surface area (Å²) in [6.07, 6.45) is 3.33. The second kappa shape index (κ2) is 9.97. The number of nitrogens with one attached hydrogen (secondary N) is 3. The summed E-state index contributed by atoms with van der Waals surface area (Å²) in [7, 11) is 1.76. The van der Waals surface area contributed by atoms with E-state index in [4.69, 9.17) is 16.3 Å². The van der Waals surface area contributed by atoms with Crippen LogP contribution in [0.3, 0.4) is 0 Å². The Balaban J connectivity index is 1.49. The van der Waals surface area contributed by atoms with E-state index in [1.807, 2.05) is 25.1 Å². The SMILES string of the molecule is CNc1nccc(-c2cccnc2Oc2ccc(NC(=O)Nc3ccc(Cl)cc3)c(C)c2)n1. The Hall–Kier alpha value is -4.17. The van der Waals surface area contributed by atoms with Gasteiger partial charge in [0.1, 0.15) is 5.75 Å². The molecule has 0 fully saturated rings. The lowest BCUT2D eigenvalue weighted by Gasteiger charge is -2.13. The molecule has 4 aromatic rings. The highest BCUT2D eigenvalue weighted by molar-refractivity contribution is 6.30. The number of aromatic nitrogens is 3. The number of amides is 2. The van der Waals surface area contributed by atoms with E-state index in [1.165, 1.54) is 0 Å². The Morgan fingerprint density at radius 2 is 1.79 bits per heavy atom. The molecule has 0 aliphatic heterocycles. The molecule has 0 atom stereocenters. The standard InChI is InChI=1S/C24H21ClN6O2/c1-15-14-18(9-10-20(15)31-24(32)29-17-7-5-16(25)6-8-17)33-22-19(4-3-12-27-22)21-11-13-28-23(26-2)30-21/h3-14H,1-2H3,(H,26,28,30)(H2,29,31,32). The summed E-state index contributed by atoms with van der Waals surface area (Å²) in [5.41, 5.74) is 3.55. The summed E-state index contributed by atoms with van der Waals surface area (Å²) in [5.74, 6) is 1.50. The van der Waals surface area contributed by atoms with Gasteiger partial charge >= 0.3 is 6.03 Å². The second-order valence-corrected chi connectivity index (χ2v) is 7.47. The number of rotatable bonds is 6. The zero-order valence-corrected chi connectivity index (χ0v) is 18.7. The van der Waals surface area contributed by atoms with Gasteiger partial charge in [-0.1, -0.05) is 11.6 Å². The van der Waals surface area contributed by atoms with Crippen molar-refractivity contribution in [1.29, 1.82) is 0 Å². The second-order valence-electron chi connectivity index (χ2n) is 7.04. The topological polar surface area (TPSA) is 101 Å².